The lowest BCUT2D eigenvalue weighted by molar-refractivity contribution is 0.352. The second kappa shape index (κ2) is 5.15. The number of hydrogen-bond donors (Lipinski definition) is 1. The number of nitrogens with one attached hydrogen (secondary N) is 1. The number of rotatable bonds is 2. The Labute approximate surface area is 102 Å². The van der Waals surface area contributed by atoms with Gasteiger partial charge in [0.15, 0.2) is 5.82 Å². The molecule has 1 aromatic heterocycles. The second-order valence-corrected chi connectivity index (χ2v) is 4.66. The molecule has 1 aliphatic heterocycles. The summed E-state index contributed by atoms with van der Waals surface area (Å²) in [6.45, 7) is 2.07. The molecule has 1 aliphatic carbocycles. The van der Waals surface area contributed by atoms with E-state index in [-0.39, 0.29) is 12.4 Å². The van der Waals surface area contributed by atoms with Crippen LogP contribution >= 0.6 is 12.4 Å². The third-order valence-corrected chi connectivity index (χ3v) is 3.59. The largest absolute Gasteiger partial charge is 0.339 e. The smallest absolute Gasteiger partial charge is 0.231 e. The summed E-state index contributed by atoms with van der Waals surface area (Å²) < 4.78 is 5.36. The summed E-state index contributed by atoms with van der Waals surface area (Å²) in [5.41, 5.74) is 0. The number of hydrogen-bond acceptors (Lipinski definition) is 4. The summed E-state index contributed by atoms with van der Waals surface area (Å²) in [5.74, 6) is 2.82. The fourth-order valence-corrected chi connectivity index (χ4v) is 2.63. The van der Waals surface area contributed by atoms with Crippen LogP contribution < -0.4 is 5.32 Å². The lowest BCUT2D eigenvalue weighted by atomic mass is 10.1. The van der Waals surface area contributed by atoms with Crippen LogP contribution in [0.2, 0.25) is 0 Å². The molecule has 0 bridgehead atoms. The van der Waals surface area contributed by atoms with Crippen LogP contribution in [-0.2, 0) is 0 Å². The Bertz CT molecular complexity index is 299. The topological polar surface area (TPSA) is 51.0 Å². The summed E-state index contributed by atoms with van der Waals surface area (Å²) >= 11 is 0. The quantitative estimate of drug-likeness (QED) is 0.866. The van der Waals surface area contributed by atoms with Gasteiger partial charge in [0.2, 0.25) is 5.89 Å². The third kappa shape index (κ3) is 2.23. The molecule has 0 spiro atoms. The van der Waals surface area contributed by atoms with E-state index >= 15 is 0 Å². The lowest BCUT2D eigenvalue weighted by Crippen LogP contribution is -2.08. The van der Waals surface area contributed by atoms with Crippen molar-refractivity contribution in [3.8, 4) is 0 Å². The Kier molecular flexibility index (Phi) is 3.82. The van der Waals surface area contributed by atoms with E-state index in [2.05, 4.69) is 15.5 Å². The van der Waals surface area contributed by atoms with Crippen LogP contribution in [0, 0.1) is 0 Å². The van der Waals surface area contributed by atoms with Crippen LogP contribution in [0.1, 0.15) is 55.7 Å². The first kappa shape index (κ1) is 11.9. The predicted molar refractivity (Wildman–Crippen MR) is 63.0 cm³/mol. The molecule has 1 saturated carbocycles. The Balaban J connectivity index is 0.000000963. The number of halogens is 1. The minimum atomic E-state index is 0. The molecule has 3 rings (SSSR count). The van der Waals surface area contributed by atoms with Crippen LogP contribution in [0.4, 0.5) is 0 Å². The molecule has 1 atom stereocenters. The molecule has 2 heterocycles. The number of aromatic nitrogens is 2. The first-order valence-electron chi connectivity index (χ1n) is 5.97. The molecule has 0 aromatic carbocycles. The fraction of sp³-hybridized carbons (Fsp3) is 0.818. The monoisotopic (exact) mass is 243 g/mol. The standard InChI is InChI=1S/C11H17N3O.ClH/c1-2-4-8(3-1)10-13-11(15-14-10)9-5-6-12-7-9;/h8-9,12H,1-7H2;1H/t9-;/m0./s1. The van der Waals surface area contributed by atoms with E-state index in [0.29, 0.717) is 11.8 Å². The van der Waals surface area contributed by atoms with E-state index in [1.165, 1.54) is 25.7 Å². The molecule has 1 aromatic rings. The van der Waals surface area contributed by atoms with Gasteiger partial charge < -0.3 is 9.84 Å². The van der Waals surface area contributed by atoms with Crippen molar-refractivity contribution in [2.24, 2.45) is 0 Å². The van der Waals surface area contributed by atoms with Gasteiger partial charge in [-0.05, 0) is 25.8 Å². The highest BCUT2D eigenvalue weighted by atomic mass is 35.5. The summed E-state index contributed by atoms with van der Waals surface area (Å²) in [7, 11) is 0. The van der Waals surface area contributed by atoms with Gasteiger partial charge in [-0.1, -0.05) is 18.0 Å². The third-order valence-electron chi connectivity index (χ3n) is 3.59. The van der Waals surface area contributed by atoms with Crippen LogP contribution in [0.25, 0.3) is 0 Å². The average Bonchev–Trinajstić information content (AvgIpc) is 3.02. The molecular formula is C11H18ClN3O. The van der Waals surface area contributed by atoms with Crippen LogP contribution in [0.3, 0.4) is 0 Å². The van der Waals surface area contributed by atoms with E-state index in [4.69, 9.17) is 4.52 Å². The SMILES string of the molecule is C1CCC(c2noc([C@H]3CCNC3)n2)C1.Cl. The van der Waals surface area contributed by atoms with Gasteiger partial charge in [0.1, 0.15) is 0 Å². The molecule has 1 saturated heterocycles. The molecular weight excluding hydrogens is 226 g/mol. The highest BCUT2D eigenvalue weighted by molar-refractivity contribution is 5.85. The van der Waals surface area contributed by atoms with Crippen molar-refractivity contribution >= 4 is 12.4 Å². The van der Waals surface area contributed by atoms with Crippen molar-refractivity contribution in [3.05, 3.63) is 11.7 Å². The van der Waals surface area contributed by atoms with Gasteiger partial charge in [0.05, 0.1) is 5.92 Å². The predicted octanol–water partition coefficient (Wildman–Crippen LogP) is 2.23. The van der Waals surface area contributed by atoms with Gasteiger partial charge in [-0.25, -0.2) is 0 Å². The molecule has 1 N–H and O–H groups in total. The van der Waals surface area contributed by atoms with Crippen molar-refractivity contribution in [2.75, 3.05) is 13.1 Å². The van der Waals surface area contributed by atoms with E-state index < -0.39 is 0 Å². The van der Waals surface area contributed by atoms with E-state index in [0.717, 1.165) is 31.2 Å². The Morgan fingerprint density at radius 3 is 2.62 bits per heavy atom. The Hall–Kier alpha value is -0.610. The van der Waals surface area contributed by atoms with E-state index in [9.17, 15) is 0 Å². The zero-order chi connectivity index (χ0) is 10.1. The minimum absolute atomic E-state index is 0. The highest BCUT2D eigenvalue weighted by Gasteiger charge is 2.26. The first-order chi connectivity index (χ1) is 7.43. The summed E-state index contributed by atoms with van der Waals surface area (Å²) in [6, 6.07) is 0. The van der Waals surface area contributed by atoms with Crippen molar-refractivity contribution in [2.45, 2.75) is 43.9 Å². The van der Waals surface area contributed by atoms with E-state index in [1.54, 1.807) is 0 Å². The molecule has 2 aliphatic rings. The maximum absolute atomic E-state index is 5.36. The van der Waals surface area contributed by atoms with Crippen LogP contribution in [0.15, 0.2) is 4.52 Å². The van der Waals surface area contributed by atoms with Gasteiger partial charge in [-0.15, -0.1) is 12.4 Å². The average molecular weight is 244 g/mol. The Morgan fingerprint density at radius 1 is 1.12 bits per heavy atom. The summed E-state index contributed by atoms with van der Waals surface area (Å²) in [6.07, 6.45) is 6.25. The van der Waals surface area contributed by atoms with Gasteiger partial charge in [0.25, 0.3) is 0 Å². The van der Waals surface area contributed by atoms with Crippen molar-refractivity contribution in [1.29, 1.82) is 0 Å². The summed E-state index contributed by atoms with van der Waals surface area (Å²) in [4.78, 5) is 4.56. The fourth-order valence-electron chi connectivity index (χ4n) is 2.63. The van der Waals surface area contributed by atoms with Crippen molar-refractivity contribution < 1.29 is 4.52 Å². The maximum Gasteiger partial charge on any atom is 0.231 e. The normalized spacial score (nSPS) is 25.9. The van der Waals surface area contributed by atoms with Crippen LogP contribution in [-0.4, -0.2) is 23.2 Å². The zero-order valence-corrected chi connectivity index (χ0v) is 10.1. The van der Waals surface area contributed by atoms with Gasteiger partial charge >= 0.3 is 0 Å². The number of nitrogens with zero attached hydrogens (tertiary/aromatic N) is 2. The molecule has 4 nitrogen and oxygen atoms in total. The zero-order valence-electron chi connectivity index (χ0n) is 9.32. The second-order valence-electron chi connectivity index (χ2n) is 4.66. The Morgan fingerprint density at radius 2 is 1.94 bits per heavy atom. The van der Waals surface area contributed by atoms with Gasteiger partial charge in [-0.3, -0.25) is 0 Å². The highest BCUT2D eigenvalue weighted by Crippen LogP contribution is 2.33. The summed E-state index contributed by atoms with van der Waals surface area (Å²) in [5, 5.41) is 7.45. The maximum atomic E-state index is 5.36. The molecule has 0 amide bonds. The molecule has 5 heteroatoms. The van der Waals surface area contributed by atoms with E-state index in [1.807, 2.05) is 0 Å². The molecule has 16 heavy (non-hydrogen) atoms. The molecule has 0 unspecified atom stereocenters. The lowest BCUT2D eigenvalue weighted by Gasteiger charge is -2.01. The minimum Gasteiger partial charge on any atom is -0.339 e. The van der Waals surface area contributed by atoms with Crippen molar-refractivity contribution in [1.82, 2.24) is 15.5 Å². The first-order valence-corrected chi connectivity index (χ1v) is 5.97. The van der Waals surface area contributed by atoms with Gasteiger partial charge in [-0.2, -0.15) is 4.98 Å². The molecule has 2 fully saturated rings. The van der Waals surface area contributed by atoms with Crippen molar-refractivity contribution in [3.63, 3.8) is 0 Å². The van der Waals surface area contributed by atoms with Crippen LogP contribution in [0.5, 0.6) is 0 Å². The van der Waals surface area contributed by atoms with Gasteiger partial charge in [0, 0.05) is 12.5 Å². The molecule has 90 valence electrons. The molecule has 0 radical (unpaired) electrons.